The molecule has 1 aromatic heterocycles. The Morgan fingerprint density at radius 3 is 2.79 bits per heavy atom. The standard InChI is InChI=1S/C12H11F2N5/c13-7-1-4-10(9(14)5-7)17-11-6-15-19-12(18-11)16-8-2-3-8/h1,4-6,8H,2-3H2,(H2,16,17,18,19). The normalized spacial score (nSPS) is 14.2. The monoisotopic (exact) mass is 263 g/mol. The van der Waals surface area contributed by atoms with Crippen molar-refractivity contribution < 1.29 is 8.78 Å². The molecule has 0 aliphatic heterocycles. The third-order valence-electron chi connectivity index (χ3n) is 2.66. The smallest absolute Gasteiger partial charge is 0.244 e. The number of halogens is 2. The van der Waals surface area contributed by atoms with E-state index in [0.717, 1.165) is 18.9 Å². The van der Waals surface area contributed by atoms with Crippen molar-refractivity contribution in [1.29, 1.82) is 0 Å². The van der Waals surface area contributed by atoms with Crippen molar-refractivity contribution in [3.8, 4) is 0 Å². The summed E-state index contributed by atoms with van der Waals surface area (Å²) in [4.78, 5) is 4.16. The van der Waals surface area contributed by atoms with Gasteiger partial charge in [0.2, 0.25) is 5.95 Å². The van der Waals surface area contributed by atoms with Gasteiger partial charge in [-0.2, -0.15) is 10.1 Å². The highest BCUT2D eigenvalue weighted by Gasteiger charge is 2.22. The van der Waals surface area contributed by atoms with Gasteiger partial charge in [-0.15, -0.1) is 5.10 Å². The van der Waals surface area contributed by atoms with E-state index in [1.54, 1.807) is 0 Å². The minimum absolute atomic E-state index is 0.138. The van der Waals surface area contributed by atoms with Crippen molar-refractivity contribution in [2.24, 2.45) is 0 Å². The molecule has 19 heavy (non-hydrogen) atoms. The number of hydrogen-bond donors (Lipinski definition) is 2. The molecule has 1 aromatic carbocycles. The maximum Gasteiger partial charge on any atom is 0.244 e. The molecule has 0 unspecified atom stereocenters. The second kappa shape index (κ2) is 4.75. The Labute approximate surface area is 108 Å². The van der Waals surface area contributed by atoms with Gasteiger partial charge in [0.15, 0.2) is 5.82 Å². The Balaban J connectivity index is 1.78. The van der Waals surface area contributed by atoms with E-state index >= 15 is 0 Å². The van der Waals surface area contributed by atoms with Gasteiger partial charge in [-0.05, 0) is 25.0 Å². The van der Waals surface area contributed by atoms with Gasteiger partial charge >= 0.3 is 0 Å². The van der Waals surface area contributed by atoms with Crippen LogP contribution in [0.25, 0.3) is 0 Å². The van der Waals surface area contributed by atoms with Crippen LogP contribution in [0.3, 0.4) is 0 Å². The van der Waals surface area contributed by atoms with Crippen LogP contribution in [0.1, 0.15) is 12.8 Å². The molecule has 0 spiro atoms. The SMILES string of the molecule is Fc1ccc(Nc2cnnc(NC3CC3)n2)c(F)c1. The summed E-state index contributed by atoms with van der Waals surface area (Å²) < 4.78 is 26.3. The molecule has 0 atom stereocenters. The molecule has 5 nitrogen and oxygen atoms in total. The fourth-order valence-electron chi connectivity index (χ4n) is 1.56. The summed E-state index contributed by atoms with van der Waals surface area (Å²) in [6.45, 7) is 0. The van der Waals surface area contributed by atoms with E-state index in [4.69, 9.17) is 0 Å². The summed E-state index contributed by atoms with van der Waals surface area (Å²) in [5, 5.41) is 13.4. The van der Waals surface area contributed by atoms with Crippen LogP contribution in [0, 0.1) is 11.6 Å². The molecular formula is C12H11F2N5. The summed E-state index contributed by atoms with van der Waals surface area (Å²) in [7, 11) is 0. The molecule has 1 fully saturated rings. The van der Waals surface area contributed by atoms with Crippen LogP contribution in [0.4, 0.5) is 26.2 Å². The van der Waals surface area contributed by atoms with Crippen LogP contribution in [0.5, 0.6) is 0 Å². The topological polar surface area (TPSA) is 62.7 Å². The number of rotatable bonds is 4. The first-order valence-corrected chi connectivity index (χ1v) is 5.89. The zero-order valence-corrected chi connectivity index (χ0v) is 9.90. The lowest BCUT2D eigenvalue weighted by Gasteiger charge is -2.07. The van der Waals surface area contributed by atoms with E-state index < -0.39 is 11.6 Å². The summed E-state index contributed by atoms with van der Waals surface area (Å²) >= 11 is 0. The number of hydrogen-bond acceptors (Lipinski definition) is 5. The minimum atomic E-state index is -0.685. The minimum Gasteiger partial charge on any atom is -0.350 e. The number of anilines is 3. The average Bonchev–Trinajstić information content (AvgIpc) is 3.17. The first-order valence-electron chi connectivity index (χ1n) is 5.89. The van der Waals surface area contributed by atoms with E-state index in [0.29, 0.717) is 17.8 Å². The second-order valence-electron chi connectivity index (χ2n) is 4.33. The van der Waals surface area contributed by atoms with Crippen molar-refractivity contribution in [3.63, 3.8) is 0 Å². The maximum absolute atomic E-state index is 13.5. The highest BCUT2D eigenvalue weighted by molar-refractivity contribution is 5.56. The molecule has 2 aromatic rings. The molecule has 0 saturated heterocycles. The van der Waals surface area contributed by atoms with E-state index in [2.05, 4.69) is 25.8 Å². The van der Waals surface area contributed by atoms with Gasteiger partial charge in [0.1, 0.15) is 11.6 Å². The van der Waals surface area contributed by atoms with Crippen LogP contribution in [0.15, 0.2) is 24.4 Å². The molecule has 1 aliphatic rings. The molecule has 1 heterocycles. The first kappa shape index (κ1) is 11.8. The number of nitrogens with zero attached hydrogens (tertiary/aromatic N) is 3. The van der Waals surface area contributed by atoms with E-state index in [1.165, 1.54) is 18.3 Å². The van der Waals surface area contributed by atoms with Gasteiger partial charge in [-0.3, -0.25) is 0 Å². The largest absolute Gasteiger partial charge is 0.350 e. The molecule has 1 saturated carbocycles. The predicted molar refractivity (Wildman–Crippen MR) is 66.1 cm³/mol. The number of aromatic nitrogens is 3. The lowest BCUT2D eigenvalue weighted by Crippen LogP contribution is -2.08. The van der Waals surface area contributed by atoms with Crippen molar-refractivity contribution >= 4 is 17.5 Å². The van der Waals surface area contributed by atoms with E-state index in [-0.39, 0.29) is 5.69 Å². The quantitative estimate of drug-likeness (QED) is 0.887. The van der Waals surface area contributed by atoms with Crippen LogP contribution in [-0.4, -0.2) is 21.2 Å². The fraction of sp³-hybridized carbons (Fsp3) is 0.250. The highest BCUT2D eigenvalue weighted by atomic mass is 19.1. The van der Waals surface area contributed by atoms with E-state index in [9.17, 15) is 8.78 Å². The van der Waals surface area contributed by atoms with Crippen molar-refractivity contribution in [2.45, 2.75) is 18.9 Å². The Morgan fingerprint density at radius 1 is 1.21 bits per heavy atom. The molecule has 0 radical (unpaired) electrons. The van der Waals surface area contributed by atoms with Gasteiger partial charge in [0.25, 0.3) is 0 Å². The summed E-state index contributed by atoms with van der Waals surface area (Å²) in [5.41, 5.74) is 0.138. The average molecular weight is 263 g/mol. The lowest BCUT2D eigenvalue weighted by atomic mass is 10.3. The molecule has 1 aliphatic carbocycles. The summed E-state index contributed by atoms with van der Waals surface area (Å²) in [6.07, 6.45) is 3.56. The van der Waals surface area contributed by atoms with Crippen LogP contribution in [-0.2, 0) is 0 Å². The van der Waals surface area contributed by atoms with Crippen molar-refractivity contribution in [3.05, 3.63) is 36.0 Å². The summed E-state index contributed by atoms with van der Waals surface area (Å²) in [5.74, 6) is -0.561. The third kappa shape index (κ3) is 2.93. The Hall–Kier alpha value is -2.31. The van der Waals surface area contributed by atoms with Gasteiger partial charge in [-0.1, -0.05) is 0 Å². The predicted octanol–water partition coefficient (Wildman–Crippen LogP) is 2.47. The van der Waals surface area contributed by atoms with E-state index in [1.807, 2.05) is 0 Å². The Kier molecular flexibility index (Phi) is 2.94. The molecule has 3 rings (SSSR count). The second-order valence-corrected chi connectivity index (χ2v) is 4.33. The lowest BCUT2D eigenvalue weighted by molar-refractivity contribution is 0.586. The van der Waals surface area contributed by atoms with Gasteiger partial charge in [0, 0.05) is 12.1 Å². The summed E-state index contributed by atoms with van der Waals surface area (Å²) in [6, 6.07) is 3.68. The van der Waals surface area contributed by atoms with Crippen molar-refractivity contribution in [1.82, 2.24) is 15.2 Å². The van der Waals surface area contributed by atoms with Gasteiger partial charge < -0.3 is 10.6 Å². The zero-order chi connectivity index (χ0) is 13.2. The third-order valence-corrected chi connectivity index (χ3v) is 2.66. The zero-order valence-electron chi connectivity index (χ0n) is 9.90. The number of nitrogens with one attached hydrogen (secondary N) is 2. The van der Waals surface area contributed by atoms with Crippen molar-refractivity contribution in [2.75, 3.05) is 10.6 Å². The first-order chi connectivity index (χ1) is 9.20. The highest BCUT2D eigenvalue weighted by Crippen LogP contribution is 2.23. The molecule has 0 amide bonds. The number of benzene rings is 1. The van der Waals surface area contributed by atoms with Gasteiger partial charge in [0.05, 0.1) is 11.9 Å². The van der Waals surface area contributed by atoms with Crippen LogP contribution < -0.4 is 10.6 Å². The van der Waals surface area contributed by atoms with Crippen LogP contribution >= 0.6 is 0 Å². The fourth-order valence-corrected chi connectivity index (χ4v) is 1.56. The molecule has 7 heteroatoms. The Bertz CT molecular complexity index is 600. The Morgan fingerprint density at radius 2 is 2.05 bits per heavy atom. The molecular weight excluding hydrogens is 252 g/mol. The molecule has 2 N–H and O–H groups in total. The van der Waals surface area contributed by atoms with Crippen LogP contribution in [0.2, 0.25) is 0 Å². The molecule has 98 valence electrons. The maximum atomic E-state index is 13.5. The molecule has 0 bridgehead atoms. The van der Waals surface area contributed by atoms with Gasteiger partial charge in [-0.25, -0.2) is 8.78 Å².